The van der Waals surface area contributed by atoms with Crippen molar-refractivity contribution in [1.29, 1.82) is 0 Å². The van der Waals surface area contributed by atoms with E-state index in [-0.39, 0.29) is 5.41 Å². The van der Waals surface area contributed by atoms with E-state index in [4.69, 9.17) is 4.98 Å². The lowest BCUT2D eigenvalue weighted by Crippen LogP contribution is -2.48. The minimum absolute atomic E-state index is 0.164. The molecular formula is C15H25N3S. The molecule has 2 unspecified atom stereocenters. The van der Waals surface area contributed by atoms with Crippen molar-refractivity contribution in [2.45, 2.75) is 70.0 Å². The Morgan fingerprint density at radius 3 is 2.37 bits per heavy atom. The number of fused-ring (bicyclic) bond motifs is 2. The van der Waals surface area contributed by atoms with Crippen LogP contribution in [0.25, 0.3) is 0 Å². The number of thiazole rings is 1. The third-order valence-corrected chi connectivity index (χ3v) is 5.48. The molecule has 2 fully saturated rings. The molecule has 0 spiro atoms. The summed E-state index contributed by atoms with van der Waals surface area (Å²) in [6.07, 6.45) is 5.23. The molecule has 0 amide bonds. The molecule has 3 nitrogen and oxygen atoms in total. The molecule has 1 N–H and O–H groups in total. The van der Waals surface area contributed by atoms with E-state index in [9.17, 15) is 0 Å². The lowest BCUT2D eigenvalue weighted by Gasteiger charge is -2.38. The van der Waals surface area contributed by atoms with Crippen molar-refractivity contribution in [2.24, 2.45) is 0 Å². The normalized spacial score (nSPS) is 30.9. The SMILES string of the molecule is CNC1CC2CCC(C1)N2c1nc(C(C)(C)C)cs1. The van der Waals surface area contributed by atoms with Gasteiger partial charge >= 0.3 is 0 Å². The highest BCUT2D eigenvalue weighted by Gasteiger charge is 2.41. The Hall–Kier alpha value is -0.610. The molecule has 2 aliphatic heterocycles. The maximum absolute atomic E-state index is 4.92. The van der Waals surface area contributed by atoms with Crippen LogP contribution < -0.4 is 10.2 Å². The first-order chi connectivity index (χ1) is 8.99. The number of nitrogens with one attached hydrogen (secondary N) is 1. The molecule has 19 heavy (non-hydrogen) atoms. The van der Waals surface area contributed by atoms with Crippen LogP contribution in [0.4, 0.5) is 5.13 Å². The molecule has 0 saturated carbocycles. The number of hydrogen-bond donors (Lipinski definition) is 1. The largest absolute Gasteiger partial charge is 0.342 e. The maximum Gasteiger partial charge on any atom is 0.186 e. The number of hydrogen-bond acceptors (Lipinski definition) is 4. The van der Waals surface area contributed by atoms with Crippen LogP contribution >= 0.6 is 11.3 Å². The van der Waals surface area contributed by atoms with Crippen molar-refractivity contribution < 1.29 is 0 Å². The van der Waals surface area contributed by atoms with Gasteiger partial charge in [0.2, 0.25) is 0 Å². The zero-order valence-corrected chi connectivity index (χ0v) is 13.3. The monoisotopic (exact) mass is 279 g/mol. The molecular weight excluding hydrogens is 254 g/mol. The first-order valence-corrected chi connectivity index (χ1v) is 8.28. The van der Waals surface area contributed by atoms with E-state index in [0.717, 1.165) is 0 Å². The van der Waals surface area contributed by atoms with Crippen molar-refractivity contribution in [3.05, 3.63) is 11.1 Å². The zero-order valence-electron chi connectivity index (χ0n) is 12.4. The number of rotatable bonds is 2. The number of anilines is 1. The second kappa shape index (κ2) is 4.74. The Bertz CT molecular complexity index is 434. The Morgan fingerprint density at radius 1 is 1.26 bits per heavy atom. The molecule has 3 rings (SSSR count). The Balaban J connectivity index is 1.82. The van der Waals surface area contributed by atoms with Gasteiger partial charge in [0.15, 0.2) is 5.13 Å². The van der Waals surface area contributed by atoms with Gasteiger partial charge in [-0.3, -0.25) is 0 Å². The quantitative estimate of drug-likeness (QED) is 0.901. The van der Waals surface area contributed by atoms with Crippen LogP contribution in [0.15, 0.2) is 5.38 Å². The molecule has 2 bridgehead atoms. The van der Waals surface area contributed by atoms with Gasteiger partial charge in [0.1, 0.15) is 0 Å². The molecule has 1 aromatic heterocycles. The summed E-state index contributed by atoms with van der Waals surface area (Å²) in [6.45, 7) is 6.73. The van der Waals surface area contributed by atoms with E-state index in [1.165, 1.54) is 36.5 Å². The predicted molar refractivity (Wildman–Crippen MR) is 82.2 cm³/mol. The zero-order chi connectivity index (χ0) is 13.6. The van der Waals surface area contributed by atoms with Gasteiger partial charge in [0, 0.05) is 28.9 Å². The van der Waals surface area contributed by atoms with Crippen LogP contribution in [0, 0.1) is 0 Å². The second-order valence-corrected chi connectivity index (χ2v) is 7.85. The van der Waals surface area contributed by atoms with E-state index in [1.54, 1.807) is 0 Å². The summed E-state index contributed by atoms with van der Waals surface area (Å²) in [5.74, 6) is 0. The van der Waals surface area contributed by atoms with E-state index in [2.05, 4.69) is 43.4 Å². The van der Waals surface area contributed by atoms with E-state index in [1.807, 2.05) is 11.3 Å². The molecule has 106 valence electrons. The third-order valence-electron chi connectivity index (χ3n) is 4.62. The Labute approximate surface area is 120 Å². The van der Waals surface area contributed by atoms with E-state index < -0.39 is 0 Å². The summed E-state index contributed by atoms with van der Waals surface area (Å²) in [5.41, 5.74) is 1.40. The number of aromatic nitrogens is 1. The summed E-state index contributed by atoms with van der Waals surface area (Å²) >= 11 is 1.83. The highest BCUT2D eigenvalue weighted by atomic mass is 32.1. The molecule has 4 heteroatoms. The molecule has 1 aromatic rings. The lowest BCUT2D eigenvalue weighted by molar-refractivity contribution is 0.373. The van der Waals surface area contributed by atoms with Crippen LogP contribution in [0.1, 0.15) is 52.1 Å². The fourth-order valence-electron chi connectivity index (χ4n) is 3.45. The first-order valence-electron chi connectivity index (χ1n) is 7.40. The van der Waals surface area contributed by atoms with Crippen molar-refractivity contribution in [2.75, 3.05) is 11.9 Å². The number of piperidine rings is 1. The molecule has 2 saturated heterocycles. The second-order valence-electron chi connectivity index (χ2n) is 7.01. The summed E-state index contributed by atoms with van der Waals surface area (Å²) in [4.78, 5) is 7.54. The van der Waals surface area contributed by atoms with Gasteiger partial charge < -0.3 is 10.2 Å². The van der Waals surface area contributed by atoms with Gasteiger partial charge in [0.05, 0.1) is 5.69 Å². The van der Waals surface area contributed by atoms with Crippen molar-refractivity contribution in [3.63, 3.8) is 0 Å². The standard InChI is InChI=1S/C15H25N3S/c1-15(2,3)13-9-19-14(17-13)18-11-5-6-12(18)8-10(7-11)16-4/h9-12,16H,5-8H2,1-4H3. The summed E-state index contributed by atoms with van der Waals surface area (Å²) < 4.78 is 0. The molecule has 0 aliphatic carbocycles. The molecule has 2 atom stereocenters. The van der Waals surface area contributed by atoms with Crippen LogP contribution in [0.5, 0.6) is 0 Å². The topological polar surface area (TPSA) is 28.2 Å². The minimum atomic E-state index is 0.164. The highest BCUT2D eigenvalue weighted by molar-refractivity contribution is 7.13. The van der Waals surface area contributed by atoms with Gasteiger partial charge in [-0.1, -0.05) is 20.8 Å². The van der Waals surface area contributed by atoms with Gasteiger partial charge in [-0.15, -0.1) is 11.3 Å². The van der Waals surface area contributed by atoms with Crippen LogP contribution in [0.2, 0.25) is 0 Å². The smallest absolute Gasteiger partial charge is 0.186 e. The van der Waals surface area contributed by atoms with Crippen molar-refractivity contribution in [3.8, 4) is 0 Å². The van der Waals surface area contributed by atoms with E-state index in [0.29, 0.717) is 18.1 Å². The molecule has 0 radical (unpaired) electrons. The average Bonchev–Trinajstić information content (AvgIpc) is 2.91. The van der Waals surface area contributed by atoms with Crippen LogP contribution in [-0.2, 0) is 5.41 Å². The van der Waals surface area contributed by atoms with Crippen molar-refractivity contribution in [1.82, 2.24) is 10.3 Å². The fourth-order valence-corrected chi connectivity index (χ4v) is 4.65. The van der Waals surface area contributed by atoms with Gasteiger partial charge in [0.25, 0.3) is 0 Å². The fraction of sp³-hybridized carbons (Fsp3) is 0.800. The first kappa shape index (κ1) is 13.4. The summed E-state index contributed by atoms with van der Waals surface area (Å²) in [7, 11) is 2.10. The Kier molecular flexibility index (Phi) is 3.34. The van der Waals surface area contributed by atoms with Gasteiger partial charge in [-0.05, 0) is 32.7 Å². The molecule has 2 aliphatic rings. The number of nitrogens with zero attached hydrogens (tertiary/aromatic N) is 2. The van der Waals surface area contributed by atoms with Crippen molar-refractivity contribution >= 4 is 16.5 Å². The highest BCUT2D eigenvalue weighted by Crippen LogP contribution is 2.41. The lowest BCUT2D eigenvalue weighted by atomic mass is 9.93. The summed E-state index contributed by atoms with van der Waals surface area (Å²) in [5, 5.41) is 6.97. The predicted octanol–water partition coefficient (Wildman–Crippen LogP) is 3.16. The minimum Gasteiger partial charge on any atom is -0.342 e. The Morgan fingerprint density at radius 2 is 1.89 bits per heavy atom. The van der Waals surface area contributed by atoms with Crippen LogP contribution in [0.3, 0.4) is 0 Å². The summed E-state index contributed by atoms with van der Waals surface area (Å²) in [6, 6.07) is 2.11. The third kappa shape index (κ3) is 2.40. The maximum atomic E-state index is 4.92. The molecule has 0 aromatic carbocycles. The van der Waals surface area contributed by atoms with Crippen LogP contribution in [-0.4, -0.2) is 30.2 Å². The van der Waals surface area contributed by atoms with Gasteiger partial charge in [-0.2, -0.15) is 0 Å². The van der Waals surface area contributed by atoms with E-state index >= 15 is 0 Å². The average molecular weight is 279 g/mol. The van der Waals surface area contributed by atoms with Gasteiger partial charge in [-0.25, -0.2) is 4.98 Å². The molecule has 3 heterocycles.